The summed E-state index contributed by atoms with van der Waals surface area (Å²) >= 11 is 12.2. The Morgan fingerprint density at radius 3 is 2.41 bits per heavy atom. The van der Waals surface area contributed by atoms with Crippen molar-refractivity contribution >= 4 is 50.1 Å². The maximum Gasteiger partial charge on any atom is 0.336 e. The number of aromatic carboxylic acids is 1. The lowest BCUT2D eigenvalue weighted by Crippen LogP contribution is -2.27. The van der Waals surface area contributed by atoms with Crippen molar-refractivity contribution in [3.63, 3.8) is 0 Å². The number of carboxylic acid groups (broad SMARTS) is 1. The Labute approximate surface area is 177 Å². The van der Waals surface area contributed by atoms with Gasteiger partial charge in [0.1, 0.15) is 0 Å². The Morgan fingerprint density at radius 1 is 1.03 bits per heavy atom. The van der Waals surface area contributed by atoms with E-state index in [1.54, 1.807) is 18.2 Å². The lowest BCUT2D eigenvalue weighted by Gasteiger charge is -2.16. The highest BCUT2D eigenvalue weighted by atomic mass is 35.5. The Hall–Kier alpha value is -2.19. The second kappa shape index (κ2) is 7.57. The van der Waals surface area contributed by atoms with Crippen LogP contribution < -0.4 is 0 Å². The molecule has 0 saturated carbocycles. The van der Waals surface area contributed by atoms with Gasteiger partial charge in [-0.25, -0.2) is 18.2 Å². The molecular formula is C20H16Cl2N2O4S. The summed E-state index contributed by atoms with van der Waals surface area (Å²) in [4.78, 5) is 16.5. The van der Waals surface area contributed by atoms with Crippen LogP contribution in [0.5, 0.6) is 0 Å². The lowest BCUT2D eigenvalue weighted by atomic mass is 10.0. The molecule has 1 aliphatic heterocycles. The molecular weight excluding hydrogens is 435 g/mol. The smallest absolute Gasteiger partial charge is 0.336 e. The van der Waals surface area contributed by atoms with Gasteiger partial charge in [0.2, 0.25) is 10.0 Å². The summed E-state index contributed by atoms with van der Waals surface area (Å²) in [6.07, 6.45) is 1.64. The number of nitrogens with zero attached hydrogens (tertiary/aromatic N) is 2. The van der Waals surface area contributed by atoms with E-state index in [1.807, 2.05) is 0 Å². The largest absolute Gasteiger partial charge is 0.478 e. The fraction of sp³-hybridized carbons (Fsp3) is 0.200. The predicted molar refractivity (Wildman–Crippen MR) is 112 cm³/mol. The Bertz CT molecular complexity index is 1240. The van der Waals surface area contributed by atoms with Gasteiger partial charge in [-0.15, -0.1) is 0 Å². The van der Waals surface area contributed by atoms with Gasteiger partial charge in [0, 0.05) is 29.1 Å². The maximum atomic E-state index is 12.9. The summed E-state index contributed by atoms with van der Waals surface area (Å²) in [6, 6.07) is 10.6. The average Bonchev–Trinajstić information content (AvgIpc) is 3.22. The SMILES string of the molecule is O=C(O)c1cc(-c2ccc(Cl)cc2Cl)nc2ccc(S(=O)(=O)N3CCCC3)cc12. The minimum atomic E-state index is -3.67. The summed E-state index contributed by atoms with van der Waals surface area (Å²) in [7, 11) is -3.67. The number of aromatic nitrogens is 1. The van der Waals surface area contributed by atoms with E-state index in [-0.39, 0.29) is 15.8 Å². The van der Waals surface area contributed by atoms with Gasteiger partial charge in [-0.3, -0.25) is 0 Å². The van der Waals surface area contributed by atoms with Crippen LogP contribution in [0.25, 0.3) is 22.2 Å². The van der Waals surface area contributed by atoms with Crippen LogP contribution in [0, 0.1) is 0 Å². The first-order chi connectivity index (χ1) is 13.8. The summed E-state index contributed by atoms with van der Waals surface area (Å²) < 4.78 is 27.1. The van der Waals surface area contributed by atoms with Gasteiger partial charge in [0.05, 0.1) is 26.7 Å². The highest BCUT2D eigenvalue weighted by Gasteiger charge is 2.28. The number of carbonyl (C=O) groups is 1. The number of rotatable bonds is 4. The third-order valence-electron chi connectivity index (χ3n) is 4.92. The van der Waals surface area contributed by atoms with E-state index in [2.05, 4.69) is 4.98 Å². The van der Waals surface area contributed by atoms with Crippen molar-refractivity contribution in [3.05, 3.63) is 58.1 Å². The van der Waals surface area contributed by atoms with Gasteiger partial charge < -0.3 is 5.11 Å². The minimum Gasteiger partial charge on any atom is -0.478 e. The number of sulfonamides is 1. The third kappa shape index (κ3) is 3.71. The van der Waals surface area contributed by atoms with Crippen molar-refractivity contribution in [3.8, 4) is 11.3 Å². The van der Waals surface area contributed by atoms with Crippen LogP contribution in [0.4, 0.5) is 0 Å². The molecule has 0 radical (unpaired) electrons. The van der Waals surface area contributed by atoms with E-state index in [4.69, 9.17) is 23.2 Å². The minimum absolute atomic E-state index is 0.0468. The number of benzene rings is 2. The topological polar surface area (TPSA) is 87.6 Å². The molecule has 0 aliphatic carbocycles. The van der Waals surface area contributed by atoms with Gasteiger partial charge in [-0.2, -0.15) is 4.31 Å². The molecule has 3 aromatic rings. The highest BCUT2D eigenvalue weighted by molar-refractivity contribution is 7.89. The van der Waals surface area contributed by atoms with Crippen LogP contribution in [0.3, 0.4) is 0 Å². The van der Waals surface area contributed by atoms with E-state index in [0.717, 1.165) is 12.8 Å². The van der Waals surface area contributed by atoms with Crippen molar-refractivity contribution in [2.75, 3.05) is 13.1 Å². The monoisotopic (exact) mass is 450 g/mol. The summed E-state index contributed by atoms with van der Waals surface area (Å²) in [5.41, 5.74) is 1.22. The quantitative estimate of drug-likeness (QED) is 0.622. The van der Waals surface area contributed by atoms with Gasteiger partial charge in [0.25, 0.3) is 0 Å². The molecule has 9 heteroatoms. The summed E-state index contributed by atoms with van der Waals surface area (Å²) in [5.74, 6) is -1.18. The standard InChI is InChI=1S/C20H16Cl2N2O4S/c21-12-3-5-14(17(22)9-12)19-11-16(20(25)26)15-10-13(4-6-18(15)23-19)29(27,28)24-7-1-2-8-24/h3-6,9-11H,1-2,7-8H2,(H,25,26). The predicted octanol–water partition coefficient (Wildman–Crippen LogP) is 4.69. The number of carboxylic acids is 1. The van der Waals surface area contributed by atoms with Crippen molar-refractivity contribution in [1.82, 2.24) is 9.29 Å². The molecule has 0 amide bonds. The molecule has 1 aromatic heterocycles. The van der Waals surface area contributed by atoms with E-state index in [0.29, 0.717) is 39.9 Å². The molecule has 2 aromatic carbocycles. The fourth-order valence-electron chi connectivity index (χ4n) is 3.46. The van der Waals surface area contributed by atoms with Crippen molar-refractivity contribution in [1.29, 1.82) is 0 Å². The van der Waals surface area contributed by atoms with Gasteiger partial charge in [0.15, 0.2) is 0 Å². The van der Waals surface area contributed by atoms with Crippen molar-refractivity contribution in [2.24, 2.45) is 0 Å². The molecule has 6 nitrogen and oxygen atoms in total. The van der Waals surface area contributed by atoms with E-state index in [9.17, 15) is 18.3 Å². The van der Waals surface area contributed by atoms with Crippen LogP contribution in [-0.4, -0.2) is 41.9 Å². The van der Waals surface area contributed by atoms with E-state index in [1.165, 1.54) is 28.6 Å². The first-order valence-corrected chi connectivity index (χ1v) is 11.1. The van der Waals surface area contributed by atoms with E-state index < -0.39 is 16.0 Å². The van der Waals surface area contributed by atoms with Crippen LogP contribution in [0.2, 0.25) is 10.0 Å². The number of pyridine rings is 1. The lowest BCUT2D eigenvalue weighted by molar-refractivity contribution is 0.0699. The molecule has 1 fully saturated rings. The number of halogens is 2. The Morgan fingerprint density at radius 2 is 1.76 bits per heavy atom. The molecule has 0 spiro atoms. The molecule has 29 heavy (non-hydrogen) atoms. The van der Waals surface area contributed by atoms with Crippen molar-refractivity contribution < 1.29 is 18.3 Å². The first kappa shape index (κ1) is 20.1. The number of hydrogen-bond acceptors (Lipinski definition) is 4. The van der Waals surface area contributed by atoms with Crippen LogP contribution in [0.15, 0.2) is 47.4 Å². The van der Waals surface area contributed by atoms with Gasteiger partial charge >= 0.3 is 5.97 Å². The highest BCUT2D eigenvalue weighted by Crippen LogP contribution is 2.33. The summed E-state index contributed by atoms with van der Waals surface area (Å²) in [6.45, 7) is 0.941. The zero-order valence-electron chi connectivity index (χ0n) is 15.1. The molecule has 1 saturated heterocycles. The Balaban J connectivity index is 1.89. The van der Waals surface area contributed by atoms with Crippen LogP contribution in [0.1, 0.15) is 23.2 Å². The zero-order chi connectivity index (χ0) is 20.8. The normalized spacial score (nSPS) is 15.1. The van der Waals surface area contributed by atoms with Crippen molar-refractivity contribution in [2.45, 2.75) is 17.7 Å². The van der Waals surface area contributed by atoms with E-state index >= 15 is 0 Å². The molecule has 150 valence electrons. The molecule has 1 aliphatic rings. The second-order valence-corrected chi connectivity index (χ2v) is 9.56. The Kier molecular flexibility index (Phi) is 5.25. The molecule has 2 heterocycles. The van der Waals surface area contributed by atoms with Crippen LogP contribution >= 0.6 is 23.2 Å². The number of fused-ring (bicyclic) bond motifs is 1. The first-order valence-electron chi connectivity index (χ1n) is 8.91. The maximum absolute atomic E-state index is 12.9. The molecule has 0 unspecified atom stereocenters. The fourth-order valence-corrected chi connectivity index (χ4v) is 5.50. The molecule has 4 rings (SSSR count). The third-order valence-corrected chi connectivity index (χ3v) is 7.36. The molecule has 0 atom stereocenters. The second-order valence-electron chi connectivity index (χ2n) is 6.77. The van der Waals surface area contributed by atoms with Crippen LogP contribution in [-0.2, 0) is 10.0 Å². The number of hydrogen-bond donors (Lipinski definition) is 1. The molecule has 1 N–H and O–H groups in total. The zero-order valence-corrected chi connectivity index (χ0v) is 17.4. The average molecular weight is 451 g/mol. The van der Waals surface area contributed by atoms with Gasteiger partial charge in [-0.1, -0.05) is 23.2 Å². The van der Waals surface area contributed by atoms with Gasteiger partial charge in [-0.05, 0) is 55.3 Å². The summed E-state index contributed by atoms with van der Waals surface area (Å²) in [5, 5.41) is 10.8. The molecule has 0 bridgehead atoms.